The van der Waals surface area contributed by atoms with E-state index < -0.39 is 0 Å². The first-order valence-electron chi connectivity index (χ1n) is 11.4. The molecular formula is C25H33ClN4O. The number of benzene rings is 2. The van der Waals surface area contributed by atoms with E-state index in [0.29, 0.717) is 0 Å². The van der Waals surface area contributed by atoms with Gasteiger partial charge in [-0.1, -0.05) is 41.9 Å². The number of rotatable bonds is 6. The van der Waals surface area contributed by atoms with Crippen molar-refractivity contribution in [3.05, 3.63) is 65.2 Å². The number of likely N-dealkylation sites (tertiary alicyclic amines) is 1. The average Bonchev–Trinajstić information content (AvgIpc) is 2.81. The van der Waals surface area contributed by atoms with E-state index in [4.69, 9.17) is 11.6 Å². The molecule has 0 spiro atoms. The maximum absolute atomic E-state index is 12.9. The second-order valence-corrected chi connectivity index (χ2v) is 9.16. The zero-order valence-electron chi connectivity index (χ0n) is 18.3. The number of carbonyl (C=O) groups excluding carboxylic acids is 1. The molecule has 2 aromatic carbocycles. The number of anilines is 1. The molecule has 0 bridgehead atoms. The summed E-state index contributed by atoms with van der Waals surface area (Å²) in [6.45, 7) is 8.75. The van der Waals surface area contributed by atoms with E-state index in [1.807, 2.05) is 19.1 Å². The molecular weight excluding hydrogens is 408 g/mol. The van der Waals surface area contributed by atoms with E-state index in [-0.39, 0.29) is 18.0 Å². The lowest BCUT2D eigenvalue weighted by atomic mass is 10.0. The van der Waals surface area contributed by atoms with Crippen molar-refractivity contribution in [3.8, 4) is 0 Å². The number of carbonyl (C=O) groups is 1. The second kappa shape index (κ2) is 10.5. The summed E-state index contributed by atoms with van der Waals surface area (Å²) in [4.78, 5) is 20.0. The molecule has 2 heterocycles. The van der Waals surface area contributed by atoms with Crippen LogP contribution in [0.5, 0.6) is 0 Å². The first-order chi connectivity index (χ1) is 15.1. The Labute approximate surface area is 191 Å². The molecule has 2 aromatic rings. The molecule has 2 aliphatic rings. The van der Waals surface area contributed by atoms with Crippen molar-refractivity contribution in [2.24, 2.45) is 0 Å². The Morgan fingerprint density at radius 1 is 0.968 bits per heavy atom. The van der Waals surface area contributed by atoms with Gasteiger partial charge in [0.05, 0.1) is 6.04 Å². The van der Waals surface area contributed by atoms with Crippen molar-refractivity contribution in [1.82, 2.24) is 15.1 Å². The Morgan fingerprint density at radius 2 is 1.61 bits per heavy atom. The van der Waals surface area contributed by atoms with Crippen LogP contribution in [0.1, 0.15) is 25.3 Å². The predicted octanol–water partition coefficient (Wildman–Crippen LogP) is 3.63. The Hall–Kier alpha value is -2.08. The van der Waals surface area contributed by atoms with Crippen molar-refractivity contribution >= 4 is 23.2 Å². The van der Waals surface area contributed by atoms with Crippen LogP contribution in [0, 0.1) is 0 Å². The molecule has 4 rings (SSSR count). The van der Waals surface area contributed by atoms with Crippen molar-refractivity contribution in [3.63, 3.8) is 0 Å². The highest BCUT2D eigenvalue weighted by Gasteiger charge is 2.28. The van der Waals surface area contributed by atoms with Gasteiger partial charge in [-0.15, -0.1) is 0 Å². The van der Waals surface area contributed by atoms with Gasteiger partial charge >= 0.3 is 0 Å². The molecule has 0 radical (unpaired) electrons. The van der Waals surface area contributed by atoms with E-state index in [1.54, 1.807) is 0 Å². The largest absolute Gasteiger partial charge is 0.369 e. The average molecular weight is 441 g/mol. The monoisotopic (exact) mass is 440 g/mol. The van der Waals surface area contributed by atoms with Gasteiger partial charge in [0.25, 0.3) is 0 Å². The van der Waals surface area contributed by atoms with Gasteiger partial charge in [0, 0.05) is 62.6 Å². The van der Waals surface area contributed by atoms with Crippen LogP contribution in [-0.4, -0.2) is 67.1 Å². The fourth-order valence-electron chi connectivity index (χ4n) is 4.58. The van der Waals surface area contributed by atoms with Crippen LogP contribution >= 0.6 is 11.6 Å². The van der Waals surface area contributed by atoms with E-state index in [9.17, 15) is 4.79 Å². The number of hydrogen-bond donors (Lipinski definition) is 1. The molecule has 2 saturated heterocycles. The van der Waals surface area contributed by atoms with E-state index >= 15 is 0 Å². The predicted molar refractivity (Wildman–Crippen MR) is 128 cm³/mol. The second-order valence-electron chi connectivity index (χ2n) is 8.72. The van der Waals surface area contributed by atoms with Crippen LogP contribution < -0.4 is 10.2 Å². The van der Waals surface area contributed by atoms with Gasteiger partial charge < -0.3 is 10.2 Å². The third kappa shape index (κ3) is 6.00. The normalized spacial score (nSPS) is 19.9. The van der Waals surface area contributed by atoms with E-state index in [2.05, 4.69) is 62.5 Å². The van der Waals surface area contributed by atoms with Crippen LogP contribution in [0.2, 0.25) is 5.02 Å². The summed E-state index contributed by atoms with van der Waals surface area (Å²) in [5.41, 5.74) is 2.56. The van der Waals surface area contributed by atoms with Crippen molar-refractivity contribution in [1.29, 1.82) is 0 Å². The smallest absolute Gasteiger partial charge is 0.237 e. The molecule has 31 heavy (non-hydrogen) atoms. The minimum absolute atomic E-state index is 0.0882. The zero-order chi connectivity index (χ0) is 21.6. The highest BCUT2D eigenvalue weighted by atomic mass is 35.5. The molecule has 0 aromatic heterocycles. The van der Waals surface area contributed by atoms with Crippen LogP contribution in [-0.2, 0) is 11.3 Å². The maximum Gasteiger partial charge on any atom is 0.237 e. The molecule has 166 valence electrons. The number of halogens is 1. The van der Waals surface area contributed by atoms with Crippen molar-refractivity contribution in [2.45, 2.75) is 38.4 Å². The quantitative estimate of drug-likeness (QED) is 0.744. The number of amides is 1. The number of piperazine rings is 1. The maximum atomic E-state index is 12.9. The minimum Gasteiger partial charge on any atom is -0.369 e. The molecule has 6 heteroatoms. The van der Waals surface area contributed by atoms with Crippen LogP contribution in [0.4, 0.5) is 5.69 Å². The van der Waals surface area contributed by atoms with Crippen molar-refractivity contribution in [2.75, 3.05) is 44.2 Å². The fraction of sp³-hybridized carbons (Fsp3) is 0.480. The third-order valence-electron chi connectivity index (χ3n) is 6.62. The first kappa shape index (κ1) is 22.1. The van der Waals surface area contributed by atoms with Crippen LogP contribution in [0.25, 0.3) is 0 Å². The summed E-state index contributed by atoms with van der Waals surface area (Å²) in [6, 6.07) is 18.8. The molecule has 2 aliphatic heterocycles. The molecule has 5 nitrogen and oxygen atoms in total. The van der Waals surface area contributed by atoms with Gasteiger partial charge in [-0.2, -0.15) is 0 Å². The Kier molecular flexibility index (Phi) is 7.49. The lowest BCUT2D eigenvalue weighted by Crippen LogP contribution is -2.56. The Balaban J connectivity index is 1.19. The Morgan fingerprint density at radius 3 is 2.26 bits per heavy atom. The summed E-state index contributed by atoms with van der Waals surface area (Å²) in [5, 5.41) is 4.08. The number of nitrogens with zero attached hydrogens (tertiary/aromatic N) is 3. The van der Waals surface area contributed by atoms with Gasteiger partial charge in [0.2, 0.25) is 5.91 Å². The highest BCUT2D eigenvalue weighted by Crippen LogP contribution is 2.20. The van der Waals surface area contributed by atoms with Gasteiger partial charge in [-0.05, 0) is 49.6 Å². The third-order valence-corrected chi connectivity index (χ3v) is 6.87. The van der Waals surface area contributed by atoms with E-state index in [0.717, 1.165) is 63.7 Å². The van der Waals surface area contributed by atoms with Crippen LogP contribution in [0.3, 0.4) is 0 Å². The summed E-state index contributed by atoms with van der Waals surface area (Å²) in [7, 11) is 0. The van der Waals surface area contributed by atoms with Gasteiger partial charge in [0.15, 0.2) is 0 Å². The summed E-state index contributed by atoms with van der Waals surface area (Å²) < 4.78 is 0. The van der Waals surface area contributed by atoms with Gasteiger partial charge in [-0.25, -0.2) is 0 Å². The fourth-order valence-corrected chi connectivity index (χ4v) is 4.71. The summed E-state index contributed by atoms with van der Waals surface area (Å²) in [5.74, 6) is 0.168. The molecule has 1 unspecified atom stereocenters. The lowest BCUT2D eigenvalue weighted by Gasteiger charge is -2.39. The topological polar surface area (TPSA) is 38.8 Å². The molecule has 2 fully saturated rings. The number of hydrogen-bond acceptors (Lipinski definition) is 4. The number of nitrogens with one attached hydrogen (secondary N) is 1. The highest BCUT2D eigenvalue weighted by molar-refractivity contribution is 6.30. The zero-order valence-corrected chi connectivity index (χ0v) is 19.1. The number of piperidine rings is 1. The molecule has 0 saturated carbocycles. The van der Waals surface area contributed by atoms with Crippen LogP contribution in [0.15, 0.2) is 54.6 Å². The standard InChI is InChI=1S/C25H33ClN4O/c1-20(29-15-17-30(18-16-29)24-9-7-22(26)8-10-24)25(31)27-23-11-13-28(14-12-23)19-21-5-3-2-4-6-21/h2-10,20,23H,11-19H2,1H3,(H,27,31). The molecule has 0 aliphatic carbocycles. The van der Waals surface area contributed by atoms with Gasteiger partial charge in [0.1, 0.15) is 0 Å². The minimum atomic E-state index is -0.0882. The molecule has 1 amide bonds. The summed E-state index contributed by atoms with van der Waals surface area (Å²) in [6.07, 6.45) is 2.05. The SMILES string of the molecule is CC(C(=O)NC1CCN(Cc2ccccc2)CC1)N1CCN(c2ccc(Cl)cc2)CC1. The van der Waals surface area contributed by atoms with E-state index in [1.165, 1.54) is 11.3 Å². The summed E-state index contributed by atoms with van der Waals surface area (Å²) >= 11 is 6.00. The molecule has 1 atom stereocenters. The van der Waals surface area contributed by atoms with Crippen molar-refractivity contribution < 1.29 is 4.79 Å². The lowest BCUT2D eigenvalue weighted by molar-refractivity contribution is -0.127. The Bertz CT molecular complexity index is 828. The van der Waals surface area contributed by atoms with Gasteiger partial charge in [-0.3, -0.25) is 14.6 Å². The first-order valence-corrected chi connectivity index (χ1v) is 11.8. The molecule has 1 N–H and O–H groups in total.